The highest BCUT2D eigenvalue weighted by molar-refractivity contribution is 5.73. The van der Waals surface area contributed by atoms with Crippen molar-refractivity contribution in [1.82, 2.24) is 15.0 Å². The summed E-state index contributed by atoms with van der Waals surface area (Å²) in [5.74, 6) is 0. The molecule has 3 rings (SSSR count). The molecule has 16 heavy (non-hydrogen) atoms. The molecule has 1 aliphatic rings. The Kier molecular flexibility index (Phi) is 2.22. The first kappa shape index (κ1) is 9.21. The lowest BCUT2D eigenvalue weighted by Gasteiger charge is -2.08. The van der Waals surface area contributed by atoms with E-state index in [1.54, 1.807) is 6.33 Å². The van der Waals surface area contributed by atoms with Crippen LogP contribution in [0.25, 0.3) is 17.1 Å². The Balaban J connectivity index is 2.36. The van der Waals surface area contributed by atoms with E-state index in [0.29, 0.717) is 0 Å². The standard InChI is InChI=1S/C13H13N3/c1-3-7-12-10(5-1)14-9-15-11-6-2-4-8-13(11)16-12/h1-3,5-7,9,16H,4,8H2,(H,14,15). The minimum atomic E-state index is 0.969. The summed E-state index contributed by atoms with van der Waals surface area (Å²) >= 11 is 0. The molecule has 0 radical (unpaired) electrons. The van der Waals surface area contributed by atoms with Gasteiger partial charge in [0.05, 0.1) is 23.1 Å². The zero-order valence-electron chi connectivity index (χ0n) is 8.90. The van der Waals surface area contributed by atoms with Crippen molar-refractivity contribution in [3.8, 4) is 0 Å². The van der Waals surface area contributed by atoms with Gasteiger partial charge in [0.25, 0.3) is 0 Å². The average molecular weight is 211 g/mol. The van der Waals surface area contributed by atoms with Gasteiger partial charge in [-0.15, -0.1) is 0 Å². The van der Waals surface area contributed by atoms with Crippen LogP contribution in [-0.2, 0) is 6.42 Å². The Morgan fingerprint density at radius 1 is 1.19 bits per heavy atom. The number of H-pyrrole nitrogens is 2. The molecule has 1 aromatic heterocycles. The Hall–Kier alpha value is -2.03. The number of nitrogens with zero attached hydrogens (tertiary/aromatic N) is 1. The lowest BCUT2D eigenvalue weighted by Crippen LogP contribution is -1.99. The van der Waals surface area contributed by atoms with E-state index >= 15 is 0 Å². The Bertz CT molecular complexity index is 588. The monoisotopic (exact) mass is 211 g/mol. The van der Waals surface area contributed by atoms with Crippen molar-refractivity contribution in [2.75, 3.05) is 0 Å². The smallest absolute Gasteiger partial charge is 0.0931 e. The lowest BCUT2D eigenvalue weighted by molar-refractivity contribution is 0.919. The zero-order valence-corrected chi connectivity index (χ0v) is 8.90. The molecule has 0 atom stereocenters. The predicted octanol–water partition coefficient (Wildman–Crippen LogP) is 2.97. The van der Waals surface area contributed by atoms with E-state index in [1.165, 1.54) is 5.69 Å². The molecule has 80 valence electrons. The molecule has 1 aliphatic carbocycles. The summed E-state index contributed by atoms with van der Waals surface area (Å²) < 4.78 is 0. The molecular weight excluding hydrogens is 198 g/mol. The number of fused-ring (bicyclic) bond motifs is 2. The number of allylic oxidation sites excluding steroid dienone is 1. The number of aromatic nitrogens is 3. The number of rotatable bonds is 0. The number of aryl methyl sites for hydroxylation is 1. The largest absolute Gasteiger partial charge is 0.355 e. The molecule has 0 saturated carbocycles. The van der Waals surface area contributed by atoms with E-state index in [4.69, 9.17) is 0 Å². The number of aromatic amines is 2. The van der Waals surface area contributed by atoms with Crippen molar-refractivity contribution in [1.29, 1.82) is 0 Å². The minimum Gasteiger partial charge on any atom is -0.355 e. The topological polar surface area (TPSA) is 44.5 Å². The second-order valence-electron chi connectivity index (χ2n) is 3.88. The van der Waals surface area contributed by atoms with Gasteiger partial charge in [0.2, 0.25) is 0 Å². The van der Waals surface area contributed by atoms with Crippen LogP contribution in [0.1, 0.15) is 17.8 Å². The molecule has 0 fully saturated rings. The minimum absolute atomic E-state index is 0.969. The van der Waals surface area contributed by atoms with Crippen molar-refractivity contribution < 1.29 is 0 Å². The first-order valence-corrected chi connectivity index (χ1v) is 5.48. The fourth-order valence-corrected chi connectivity index (χ4v) is 1.96. The van der Waals surface area contributed by atoms with Gasteiger partial charge in [0, 0.05) is 5.69 Å². The molecule has 0 unspecified atom stereocenters. The van der Waals surface area contributed by atoms with Crippen LogP contribution < -0.4 is 0 Å². The van der Waals surface area contributed by atoms with E-state index < -0.39 is 0 Å². The summed E-state index contributed by atoms with van der Waals surface area (Å²) in [5, 5.41) is 0. The summed E-state index contributed by atoms with van der Waals surface area (Å²) in [7, 11) is 0. The van der Waals surface area contributed by atoms with Crippen molar-refractivity contribution >= 4 is 17.1 Å². The highest BCUT2D eigenvalue weighted by Crippen LogP contribution is 2.15. The van der Waals surface area contributed by atoms with Crippen LogP contribution in [-0.4, -0.2) is 15.0 Å². The molecule has 0 saturated heterocycles. The van der Waals surface area contributed by atoms with E-state index in [0.717, 1.165) is 29.6 Å². The second kappa shape index (κ2) is 3.85. The van der Waals surface area contributed by atoms with Crippen molar-refractivity contribution in [2.24, 2.45) is 0 Å². The van der Waals surface area contributed by atoms with Crippen LogP contribution in [0.2, 0.25) is 0 Å². The van der Waals surface area contributed by atoms with Crippen molar-refractivity contribution in [3.05, 3.63) is 48.1 Å². The quantitative estimate of drug-likeness (QED) is 0.691. The summed E-state index contributed by atoms with van der Waals surface area (Å²) in [4.78, 5) is 11.0. The van der Waals surface area contributed by atoms with Crippen molar-refractivity contribution in [3.63, 3.8) is 0 Å². The van der Waals surface area contributed by atoms with Crippen LogP contribution in [0.3, 0.4) is 0 Å². The maximum Gasteiger partial charge on any atom is 0.0931 e. The third kappa shape index (κ3) is 1.60. The SMILES string of the molecule is C1=Cc2[nH]cnc3ccccc3[nH]c2CC1. The number of hydrogen-bond acceptors (Lipinski definition) is 1. The van der Waals surface area contributed by atoms with Crippen LogP contribution >= 0.6 is 0 Å². The van der Waals surface area contributed by atoms with Gasteiger partial charge in [-0.05, 0) is 31.1 Å². The Morgan fingerprint density at radius 3 is 3.12 bits per heavy atom. The highest BCUT2D eigenvalue weighted by atomic mass is 14.9. The fraction of sp³-hybridized carbons (Fsp3) is 0.154. The molecule has 2 N–H and O–H groups in total. The fourth-order valence-electron chi connectivity index (χ4n) is 1.96. The van der Waals surface area contributed by atoms with Crippen LogP contribution in [0.5, 0.6) is 0 Å². The normalized spacial score (nSPS) is 13.5. The first-order valence-electron chi connectivity index (χ1n) is 5.48. The molecule has 2 aromatic rings. The molecule has 3 heteroatoms. The molecule has 0 spiro atoms. The van der Waals surface area contributed by atoms with E-state index in [2.05, 4.69) is 33.2 Å². The van der Waals surface area contributed by atoms with E-state index in [1.807, 2.05) is 18.2 Å². The van der Waals surface area contributed by atoms with Crippen LogP contribution in [0, 0.1) is 0 Å². The van der Waals surface area contributed by atoms with Gasteiger partial charge in [-0.3, -0.25) is 0 Å². The van der Waals surface area contributed by atoms with Gasteiger partial charge in [-0.25, -0.2) is 4.98 Å². The highest BCUT2D eigenvalue weighted by Gasteiger charge is 2.03. The lowest BCUT2D eigenvalue weighted by atomic mass is 10.1. The average Bonchev–Trinajstić information content (AvgIpc) is 2.29. The number of benzene rings is 1. The third-order valence-electron chi connectivity index (χ3n) is 2.78. The van der Waals surface area contributed by atoms with Crippen LogP contribution in [0.4, 0.5) is 0 Å². The van der Waals surface area contributed by atoms with Gasteiger partial charge < -0.3 is 9.97 Å². The van der Waals surface area contributed by atoms with Gasteiger partial charge in [-0.1, -0.05) is 18.2 Å². The van der Waals surface area contributed by atoms with E-state index in [-0.39, 0.29) is 0 Å². The molecule has 0 amide bonds. The number of hydrogen-bond donors (Lipinski definition) is 2. The first-order chi connectivity index (χ1) is 7.93. The Labute approximate surface area is 93.6 Å². The van der Waals surface area contributed by atoms with Gasteiger partial charge in [0.15, 0.2) is 0 Å². The van der Waals surface area contributed by atoms with Gasteiger partial charge >= 0.3 is 0 Å². The number of para-hydroxylation sites is 2. The maximum absolute atomic E-state index is 4.37. The van der Waals surface area contributed by atoms with Crippen LogP contribution in [0.15, 0.2) is 36.7 Å². The third-order valence-corrected chi connectivity index (χ3v) is 2.78. The summed E-state index contributed by atoms with van der Waals surface area (Å²) in [5.41, 5.74) is 4.39. The van der Waals surface area contributed by atoms with Gasteiger partial charge in [0.1, 0.15) is 0 Å². The Morgan fingerprint density at radius 2 is 2.12 bits per heavy atom. The molecule has 1 heterocycles. The van der Waals surface area contributed by atoms with Crippen molar-refractivity contribution in [2.45, 2.75) is 12.8 Å². The maximum atomic E-state index is 4.37. The molecule has 0 bridgehead atoms. The number of nitrogens with one attached hydrogen (secondary N) is 2. The summed E-state index contributed by atoms with van der Waals surface area (Å²) in [6.07, 6.45) is 8.17. The van der Waals surface area contributed by atoms with E-state index in [9.17, 15) is 0 Å². The van der Waals surface area contributed by atoms with Gasteiger partial charge in [-0.2, -0.15) is 0 Å². The predicted molar refractivity (Wildman–Crippen MR) is 65.4 cm³/mol. The molecular formula is C13H13N3. The second-order valence-corrected chi connectivity index (χ2v) is 3.88. The molecule has 0 aliphatic heterocycles. The molecule has 3 nitrogen and oxygen atoms in total. The zero-order chi connectivity index (χ0) is 10.8. The molecule has 1 aromatic carbocycles. The summed E-state index contributed by atoms with van der Waals surface area (Å²) in [6.45, 7) is 0. The summed E-state index contributed by atoms with van der Waals surface area (Å²) in [6, 6.07) is 8.08.